The van der Waals surface area contributed by atoms with Crippen LogP contribution in [0.25, 0.3) is 0 Å². The third-order valence-corrected chi connectivity index (χ3v) is 5.14. The predicted octanol–water partition coefficient (Wildman–Crippen LogP) is 4.08. The van der Waals surface area contributed by atoms with Crippen LogP contribution in [0.4, 0.5) is 17.1 Å². The molecule has 3 aromatic carbocycles. The number of benzene rings is 3. The van der Waals surface area contributed by atoms with E-state index in [-0.39, 0.29) is 36.8 Å². The van der Waals surface area contributed by atoms with E-state index in [1.807, 2.05) is 31.2 Å². The van der Waals surface area contributed by atoms with Crippen molar-refractivity contribution in [1.82, 2.24) is 0 Å². The van der Waals surface area contributed by atoms with E-state index in [9.17, 15) is 14.4 Å². The maximum absolute atomic E-state index is 13.1. The quantitative estimate of drug-likeness (QED) is 0.640. The second-order valence-electron chi connectivity index (χ2n) is 7.49. The van der Waals surface area contributed by atoms with Gasteiger partial charge in [0.05, 0.1) is 16.9 Å². The van der Waals surface area contributed by atoms with Crippen molar-refractivity contribution in [2.45, 2.75) is 19.4 Å². The average Bonchev–Trinajstić information content (AvgIpc) is 2.92. The van der Waals surface area contributed by atoms with E-state index >= 15 is 0 Å². The Hall–Kier alpha value is -4.13. The largest absolute Gasteiger partial charge is 0.483 e. The smallest absolute Gasteiger partial charge is 0.265 e. The van der Waals surface area contributed by atoms with Crippen LogP contribution in [0.5, 0.6) is 5.75 Å². The molecule has 7 heteroatoms. The van der Waals surface area contributed by atoms with E-state index < -0.39 is 0 Å². The number of hydrogen-bond acceptors (Lipinski definition) is 4. The molecule has 0 aromatic heterocycles. The topological polar surface area (TPSA) is 87.7 Å². The van der Waals surface area contributed by atoms with Crippen molar-refractivity contribution in [2.75, 3.05) is 22.1 Å². The fourth-order valence-electron chi connectivity index (χ4n) is 3.68. The van der Waals surface area contributed by atoms with Gasteiger partial charge in [-0.05, 0) is 43.3 Å². The molecule has 0 spiro atoms. The average molecular weight is 429 g/mol. The number of anilines is 3. The molecule has 162 valence electrons. The Morgan fingerprint density at radius 2 is 1.69 bits per heavy atom. The number of carbonyl (C=O) groups excluding carboxylic acids is 3. The molecule has 1 heterocycles. The highest BCUT2D eigenvalue weighted by Gasteiger charge is 2.30. The summed E-state index contributed by atoms with van der Waals surface area (Å²) in [6.45, 7) is 1.54. The first-order chi connectivity index (χ1) is 15.5. The number of rotatable bonds is 5. The van der Waals surface area contributed by atoms with E-state index in [2.05, 4.69) is 10.6 Å². The maximum atomic E-state index is 13.1. The standard InChI is InChI=1S/C25H23N3O4/c1-17-15-23(29)27-20-12-6-7-13-21(20)28(17)24(30)16-32-22-14-8-5-11-19(22)25(31)26-18-9-3-2-4-10-18/h2-14,17H,15-16H2,1H3,(H,26,31)(H,27,29)/t17-/m1/s1. The van der Waals surface area contributed by atoms with Crippen LogP contribution >= 0.6 is 0 Å². The molecule has 3 aromatic rings. The normalized spacial score (nSPS) is 15.2. The van der Waals surface area contributed by atoms with E-state index in [1.165, 1.54) is 0 Å². The SMILES string of the molecule is C[C@@H]1CC(=O)Nc2ccccc2N1C(=O)COc1ccccc1C(=O)Nc1ccccc1. The molecule has 0 radical (unpaired) electrons. The third-order valence-electron chi connectivity index (χ3n) is 5.14. The molecule has 0 unspecified atom stereocenters. The number of hydrogen-bond donors (Lipinski definition) is 2. The lowest BCUT2D eigenvalue weighted by atomic mass is 10.1. The van der Waals surface area contributed by atoms with Gasteiger partial charge in [0.25, 0.3) is 11.8 Å². The molecular formula is C25H23N3O4. The highest BCUT2D eigenvalue weighted by molar-refractivity contribution is 6.07. The summed E-state index contributed by atoms with van der Waals surface area (Å²) in [6, 6.07) is 22.7. The van der Waals surface area contributed by atoms with E-state index in [4.69, 9.17) is 4.74 Å². The molecule has 4 rings (SSSR count). The molecule has 1 aliphatic rings. The first-order valence-electron chi connectivity index (χ1n) is 10.3. The van der Waals surface area contributed by atoms with Gasteiger partial charge in [0.1, 0.15) is 5.75 Å². The number of amides is 3. The van der Waals surface area contributed by atoms with Crippen LogP contribution in [0, 0.1) is 0 Å². The fraction of sp³-hybridized carbons (Fsp3) is 0.160. The van der Waals surface area contributed by atoms with Crippen LogP contribution in [0.15, 0.2) is 78.9 Å². The van der Waals surface area contributed by atoms with E-state index in [0.29, 0.717) is 28.4 Å². The highest BCUT2D eigenvalue weighted by Crippen LogP contribution is 2.31. The lowest BCUT2D eigenvalue weighted by Crippen LogP contribution is -2.41. The van der Waals surface area contributed by atoms with Gasteiger partial charge >= 0.3 is 0 Å². The minimum absolute atomic E-state index is 0.149. The second kappa shape index (κ2) is 9.34. The molecule has 0 saturated carbocycles. The van der Waals surface area contributed by atoms with Crippen molar-refractivity contribution in [1.29, 1.82) is 0 Å². The minimum atomic E-state index is -0.341. The van der Waals surface area contributed by atoms with Gasteiger partial charge in [-0.3, -0.25) is 14.4 Å². The summed E-state index contributed by atoms with van der Waals surface area (Å²) < 4.78 is 5.78. The zero-order valence-corrected chi connectivity index (χ0v) is 17.6. The van der Waals surface area contributed by atoms with Gasteiger partial charge in [0.15, 0.2) is 6.61 Å². The van der Waals surface area contributed by atoms with Crippen LogP contribution in [0.1, 0.15) is 23.7 Å². The fourth-order valence-corrected chi connectivity index (χ4v) is 3.68. The molecule has 7 nitrogen and oxygen atoms in total. The third kappa shape index (κ3) is 4.62. The van der Waals surface area contributed by atoms with Crippen LogP contribution < -0.4 is 20.3 Å². The summed E-state index contributed by atoms with van der Waals surface area (Å²) in [5.74, 6) is -0.481. The van der Waals surface area contributed by atoms with Crippen LogP contribution in [0.2, 0.25) is 0 Å². The van der Waals surface area contributed by atoms with Crippen molar-refractivity contribution in [3.05, 3.63) is 84.4 Å². The zero-order chi connectivity index (χ0) is 22.5. The zero-order valence-electron chi connectivity index (χ0n) is 17.6. The first kappa shape index (κ1) is 21.1. The van der Waals surface area contributed by atoms with E-state index in [0.717, 1.165) is 0 Å². The van der Waals surface area contributed by atoms with Gasteiger partial charge in [0.2, 0.25) is 5.91 Å². The maximum Gasteiger partial charge on any atom is 0.265 e. The van der Waals surface area contributed by atoms with E-state index in [1.54, 1.807) is 59.5 Å². The molecular weight excluding hydrogens is 406 g/mol. The summed E-state index contributed by atoms with van der Waals surface area (Å²) >= 11 is 0. The summed E-state index contributed by atoms with van der Waals surface area (Å²) in [4.78, 5) is 39.6. The lowest BCUT2D eigenvalue weighted by Gasteiger charge is -2.27. The first-order valence-corrected chi connectivity index (χ1v) is 10.3. The summed E-state index contributed by atoms with van der Waals surface area (Å²) in [6.07, 6.45) is 0.177. The summed E-state index contributed by atoms with van der Waals surface area (Å²) in [7, 11) is 0. The Bertz CT molecular complexity index is 1150. The number of nitrogens with zero attached hydrogens (tertiary/aromatic N) is 1. The molecule has 0 fully saturated rings. The van der Waals surface area contributed by atoms with Crippen LogP contribution in [-0.4, -0.2) is 30.4 Å². The molecule has 0 bridgehead atoms. The van der Waals surface area contributed by atoms with Crippen molar-refractivity contribution >= 4 is 34.8 Å². The molecule has 0 saturated heterocycles. The van der Waals surface area contributed by atoms with Crippen LogP contribution in [0.3, 0.4) is 0 Å². The summed E-state index contributed by atoms with van der Waals surface area (Å²) in [5.41, 5.74) is 2.19. The Labute approximate surface area is 186 Å². The van der Waals surface area contributed by atoms with Crippen molar-refractivity contribution in [3.63, 3.8) is 0 Å². The molecule has 32 heavy (non-hydrogen) atoms. The van der Waals surface area contributed by atoms with Crippen molar-refractivity contribution < 1.29 is 19.1 Å². The van der Waals surface area contributed by atoms with Gasteiger partial charge in [-0.1, -0.05) is 42.5 Å². The number of ether oxygens (including phenoxy) is 1. The minimum Gasteiger partial charge on any atom is -0.483 e. The Kier molecular flexibility index (Phi) is 6.17. The van der Waals surface area contributed by atoms with Crippen molar-refractivity contribution in [3.8, 4) is 5.75 Å². The Balaban J connectivity index is 1.51. The van der Waals surface area contributed by atoms with Gasteiger partial charge in [-0.25, -0.2) is 0 Å². The van der Waals surface area contributed by atoms with Gasteiger partial charge in [-0.2, -0.15) is 0 Å². The molecule has 2 N–H and O–H groups in total. The van der Waals surface area contributed by atoms with Crippen molar-refractivity contribution in [2.24, 2.45) is 0 Å². The molecule has 1 atom stereocenters. The second-order valence-corrected chi connectivity index (χ2v) is 7.49. The number of para-hydroxylation sites is 4. The van der Waals surface area contributed by atoms with Gasteiger partial charge < -0.3 is 20.3 Å². The Morgan fingerprint density at radius 1 is 1.00 bits per heavy atom. The molecule has 1 aliphatic heterocycles. The Morgan fingerprint density at radius 3 is 2.50 bits per heavy atom. The number of carbonyl (C=O) groups is 3. The molecule has 3 amide bonds. The van der Waals surface area contributed by atoms with Gasteiger partial charge in [-0.15, -0.1) is 0 Å². The van der Waals surface area contributed by atoms with Crippen LogP contribution in [-0.2, 0) is 9.59 Å². The number of fused-ring (bicyclic) bond motifs is 1. The lowest BCUT2D eigenvalue weighted by molar-refractivity contribution is -0.121. The number of nitrogens with one attached hydrogen (secondary N) is 2. The molecule has 0 aliphatic carbocycles. The summed E-state index contributed by atoms with van der Waals surface area (Å²) in [5, 5.41) is 5.65. The predicted molar refractivity (Wildman–Crippen MR) is 123 cm³/mol. The van der Waals surface area contributed by atoms with Gasteiger partial charge in [0, 0.05) is 18.2 Å². The highest BCUT2D eigenvalue weighted by atomic mass is 16.5. The monoisotopic (exact) mass is 429 g/mol.